The topological polar surface area (TPSA) is 99.0 Å². The number of aliphatic hydroxyl groups is 2. The first-order valence-corrected chi connectivity index (χ1v) is 6.71. The van der Waals surface area contributed by atoms with Crippen molar-refractivity contribution in [2.45, 2.75) is 38.4 Å². The molecule has 0 amide bonds. The molecule has 4 unspecified atom stereocenters. The molecule has 0 radical (unpaired) electrons. The van der Waals surface area contributed by atoms with Gasteiger partial charge in [-0.25, -0.2) is 4.79 Å². The molecule has 0 aliphatic heterocycles. The number of hydrogen-bond acceptors (Lipinski definition) is 5. The molecule has 0 bridgehead atoms. The van der Waals surface area contributed by atoms with Gasteiger partial charge in [-0.1, -0.05) is 18.8 Å². The summed E-state index contributed by atoms with van der Waals surface area (Å²) in [6.07, 6.45) is 0.675. The minimum Gasteiger partial charge on any atom is -0.479 e. The van der Waals surface area contributed by atoms with Crippen molar-refractivity contribution in [3.8, 4) is 11.8 Å². The van der Waals surface area contributed by atoms with Crippen LogP contribution in [0.3, 0.4) is 0 Å². The number of carbonyl (C=O) groups is 1. The highest BCUT2D eigenvalue weighted by atomic mass is 16.7. The van der Waals surface area contributed by atoms with Crippen LogP contribution in [0.2, 0.25) is 0 Å². The number of carboxylic acids is 1. The van der Waals surface area contributed by atoms with Gasteiger partial charge in [0, 0.05) is 11.6 Å². The Balaban J connectivity index is 1.92. The van der Waals surface area contributed by atoms with E-state index in [2.05, 4.69) is 17.3 Å². The first-order valence-electron chi connectivity index (χ1n) is 6.71. The van der Waals surface area contributed by atoms with E-state index in [1.807, 2.05) is 6.92 Å². The first kappa shape index (κ1) is 14.9. The van der Waals surface area contributed by atoms with Crippen molar-refractivity contribution in [1.82, 2.24) is 5.48 Å². The van der Waals surface area contributed by atoms with Gasteiger partial charge in [0.05, 0.1) is 12.0 Å². The average Bonchev–Trinajstić information content (AvgIpc) is 2.63. The number of aliphatic carboxylic acids is 1. The Labute approximate surface area is 117 Å². The highest BCUT2D eigenvalue weighted by Gasteiger charge is 2.45. The van der Waals surface area contributed by atoms with Crippen LogP contribution in [0.15, 0.2) is 11.3 Å². The Morgan fingerprint density at radius 1 is 1.55 bits per heavy atom. The predicted molar refractivity (Wildman–Crippen MR) is 70.0 cm³/mol. The highest BCUT2D eigenvalue weighted by Crippen LogP contribution is 2.48. The van der Waals surface area contributed by atoms with Gasteiger partial charge in [-0.15, -0.1) is 0 Å². The second kappa shape index (κ2) is 6.27. The molecule has 20 heavy (non-hydrogen) atoms. The summed E-state index contributed by atoms with van der Waals surface area (Å²) in [7, 11) is 0. The summed E-state index contributed by atoms with van der Waals surface area (Å²) < 4.78 is 0. The summed E-state index contributed by atoms with van der Waals surface area (Å²) in [5, 5.41) is 28.0. The lowest BCUT2D eigenvalue weighted by Gasteiger charge is -2.30. The van der Waals surface area contributed by atoms with Crippen LogP contribution in [0.25, 0.3) is 0 Å². The van der Waals surface area contributed by atoms with Crippen LogP contribution in [0, 0.1) is 23.7 Å². The Bertz CT molecular complexity index is 476. The molecule has 4 N–H and O–H groups in total. The summed E-state index contributed by atoms with van der Waals surface area (Å²) in [4.78, 5) is 15.2. The van der Waals surface area contributed by atoms with E-state index >= 15 is 0 Å². The van der Waals surface area contributed by atoms with Crippen molar-refractivity contribution in [2.75, 3.05) is 6.61 Å². The van der Waals surface area contributed by atoms with Gasteiger partial charge in [0.15, 0.2) is 6.61 Å². The maximum absolute atomic E-state index is 10.3. The zero-order chi connectivity index (χ0) is 14.7. The van der Waals surface area contributed by atoms with Crippen LogP contribution in [-0.4, -0.2) is 40.1 Å². The van der Waals surface area contributed by atoms with Crippen molar-refractivity contribution >= 4 is 5.97 Å². The molecule has 0 spiro atoms. The van der Waals surface area contributed by atoms with Gasteiger partial charge >= 0.3 is 5.97 Å². The van der Waals surface area contributed by atoms with Crippen LogP contribution >= 0.6 is 0 Å². The van der Waals surface area contributed by atoms with E-state index < -0.39 is 24.8 Å². The molecule has 0 heterocycles. The number of aliphatic hydroxyl groups excluding tert-OH is 2. The predicted octanol–water partition coefficient (Wildman–Crippen LogP) is 0.0213. The van der Waals surface area contributed by atoms with E-state index in [4.69, 9.17) is 9.94 Å². The van der Waals surface area contributed by atoms with Gasteiger partial charge < -0.3 is 15.3 Å². The number of carboxylic acid groups (broad SMARTS) is 1. The third kappa shape index (κ3) is 3.12. The Kier molecular flexibility index (Phi) is 4.65. The number of fused-ring (bicyclic) bond motifs is 1. The largest absolute Gasteiger partial charge is 0.479 e. The van der Waals surface area contributed by atoms with Crippen molar-refractivity contribution < 1.29 is 25.0 Å². The number of hydrogen-bond donors (Lipinski definition) is 4. The molecule has 1 saturated carbocycles. The van der Waals surface area contributed by atoms with Crippen LogP contribution in [-0.2, 0) is 9.63 Å². The zero-order valence-electron chi connectivity index (χ0n) is 11.3. The summed E-state index contributed by atoms with van der Waals surface area (Å²) in [5.74, 6) is 4.53. The molecule has 110 valence electrons. The lowest BCUT2D eigenvalue weighted by atomic mass is 9.83. The smallest absolute Gasteiger partial charge is 0.332 e. The molecule has 0 aromatic rings. The van der Waals surface area contributed by atoms with E-state index in [0.717, 1.165) is 11.3 Å². The van der Waals surface area contributed by atoms with Gasteiger partial charge in [0.2, 0.25) is 0 Å². The molecule has 4 atom stereocenters. The summed E-state index contributed by atoms with van der Waals surface area (Å²) in [6.45, 7) is 1.44. The van der Waals surface area contributed by atoms with Gasteiger partial charge in [0.1, 0.15) is 6.10 Å². The highest BCUT2D eigenvalue weighted by molar-refractivity contribution is 5.67. The molecule has 0 aromatic carbocycles. The SMILES string of the molecule is CCC(O)C#CC1CC2=C(NOCC(=O)O)CC2C1O. The Morgan fingerprint density at radius 2 is 2.30 bits per heavy atom. The van der Waals surface area contributed by atoms with Crippen molar-refractivity contribution in [1.29, 1.82) is 0 Å². The molecule has 2 aliphatic rings. The summed E-state index contributed by atoms with van der Waals surface area (Å²) >= 11 is 0. The van der Waals surface area contributed by atoms with E-state index in [1.54, 1.807) is 0 Å². The second-order valence-corrected chi connectivity index (χ2v) is 5.11. The lowest BCUT2D eigenvalue weighted by molar-refractivity contribution is -0.144. The molecular formula is C14H19NO5. The molecule has 2 aliphatic carbocycles. The summed E-state index contributed by atoms with van der Waals surface area (Å²) in [6, 6.07) is 0. The molecule has 1 fully saturated rings. The molecule has 6 nitrogen and oxygen atoms in total. The van der Waals surface area contributed by atoms with Crippen LogP contribution in [0.5, 0.6) is 0 Å². The molecule has 2 rings (SSSR count). The van der Waals surface area contributed by atoms with Gasteiger partial charge in [-0.3, -0.25) is 10.3 Å². The molecular weight excluding hydrogens is 262 g/mol. The second-order valence-electron chi connectivity index (χ2n) is 5.11. The van der Waals surface area contributed by atoms with Crippen molar-refractivity contribution in [3.63, 3.8) is 0 Å². The average molecular weight is 281 g/mol. The van der Waals surface area contributed by atoms with E-state index in [-0.39, 0.29) is 11.8 Å². The first-order chi connectivity index (χ1) is 9.52. The van der Waals surface area contributed by atoms with Crippen LogP contribution in [0.4, 0.5) is 0 Å². The Hall–Kier alpha value is -1.55. The van der Waals surface area contributed by atoms with Crippen LogP contribution < -0.4 is 5.48 Å². The number of nitrogens with one attached hydrogen (secondary N) is 1. The Morgan fingerprint density at radius 3 is 2.95 bits per heavy atom. The fraction of sp³-hybridized carbons (Fsp3) is 0.643. The molecule has 0 aromatic heterocycles. The minimum atomic E-state index is -1.04. The minimum absolute atomic E-state index is 0.0731. The van der Waals surface area contributed by atoms with Crippen molar-refractivity contribution in [3.05, 3.63) is 11.3 Å². The number of allylic oxidation sites excluding steroid dienone is 1. The third-order valence-electron chi connectivity index (χ3n) is 3.74. The number of rotatable bonds is 5. The van der Waals surface area contributed by atoms with E-state index in [9.17, 15) is 15.0 Å². The van der Waals surface area contributed by atoms with Gasteiger partial charge in [0.25, 0.3) is 0 Å². The maximum atomic E-state index is 10.3. The quantitative estimate of drug-likeness (QED) is 0.419. The van der Waals surface area contributed by atoms with Crippen LogP contribution in [0.1, 0.15) is 26.2 Å². The zero-order valence-corrected chi connectivity index (χ0v) is 11.3. The monoisotopic (exact) mass is 281 g/mol. The van der Waals surface area contributed by atoms with E-state index in [0.29, 0.717) is 19.3 Å². The fourth-order valence-electron chi connectivity index (χ4n) is 2.54. The molecule has 6 heteroatoms. The van der Waals surface area contributed by atoms with E-state index in [1.165, 1.54) is 0 Å². The standard InChI is InChI=1S/C14H19NO5/c1-2-9(16)4-3-8-5-10-11(14(8)19)6-12(10)15-20-7-13(17)18/h8-9,11,14-16,19H,2,5-7H2,1H3,(H,17,18). The normalized spacial score (nSPS) is 29.1. The lowest BCUT2D eigenvalue weighted by Crippen LogP contribution is -2.32. The maximum Gasteiger partial charge on any atom is 0.332 e. The number of hydroxylamine groups is 1. The van der Waals surface area contributed by atoms with Crippen molar-refractivity contribution in [2.24, 2.45) is 11.8 Å². The van der Waals surface area contributed by atoms with Gasteiger partial charge in [-0.2, -0.15) is 0 Å². The third-order valence-corrected chi connectivity index (χ3v) is 3.74. The van der Waals surface area contributed by atoms with Gasteiger partial charge in [-0.05, 0) is 24.8 Å². The fourth-order valence-corrected chi connectivity index (χ4v) is 2.54. The summed E-state index contributed by atoms with van der Waals surface area (Å²) in [5.41, 5.74) is 4.52. The molecule has 0 saturated heterocycles.